The zero-order valence-corrected chi connectivity index (χ0v) is 21.2. The van der Waals surface area contributed by atoms with Crippen LogP contribution in [-0.2, 0) is 23.9 Å². The highest BCUT2D eigenvalue weighted by molar-refractivity contribution is 6.02. The van der Waals surface area contributed by atoms with Crippen LogP contribution in [0.25, 0.3) is 0 Å². The minimum absolute atomic E-state index is 0.116. The Balaban J connectivity index is 1.40. The first kappa shape index (κ1) is 25.0. The number of hydrogen-bond acceptors (Lipinski definition) is 5. The second kappa shape index (κ2) is 10.3. The molecule has 2 bridgehead atoms. The van der Waals surface area contributed by atoms with Crippen molar-refractivity contribution < 1.29 is 23.9 Å². The first-order valence-electron chi connectivity index (χ1n) is 13.4. The van der Waals surface area contributed by atoms with Gasteiger partial charge in [0.1, 0.15) is 11.6 Å². The number of carbonyl (C=O) groups excluding carboxylic acids is 3. The zero-order chi connectivity index (χ0) is 25.3. The zero-order valence-electron chi connectivity index (χ0n) is 21.2. The van der Waals surface area contributed by atoms with Crippen molar-refractivity contribution in [2.45, 2.75) is 76.2 Å². The van der Waals surface area contributed by atoms with Gasteiger partial charge in [0.15, 0.2) is 0 Å². The normalized spacial score (nSPS) is 31.1. The summed E-state index contributed by atoms with van der Waals surface area (Å²) < 4.78 is 11.9. The number of hydrogen-bond donors (Lipinski definition) is 2. The molecule has 1 aromatic carbocycles. The number of nitrogens with one attached hydrogen (secondary N) is 2. The van der Waals surface area contributed by atoms with Crippen LogP contribution in [0.15, 0.2) is 36.4 Å². The van der Waals surface area contributed by atoms with Crippen molar-refractivity contribution in [3.8, 4) is 0 Å². The lowest BCUT2D eigenvalue weighted by Crippen LogP contribution is -2.56. The highest BCUT2D eigenvalue weighted by Gasteiger charge is 2.72. The first-order valence-corrected chi connectivity index (χ1v) is 13.4. The van der Waals surface area contributed by atoms with Crippen molar-refractivity contribution >= 4 is 23.4 Å². The molecule has 3 amide bonds. The lowest BCUT2D eigenvalue weighted by molar-refractivity contribution is -0.141. The van der Waals surface area contributed by atoms with E-state index in [1.54, 1.807) is 4.90 Å². The summed E-state index contributed by atoms with van der Waals surface area (Å²) in [5, 5.41) is 6.18. The van der Waals surface area contributed by atoms with Gasteiger partial charge in [-0.05, 0) is 45.2 Å². The molecule has 1 aromatic rings. The molecule has 0 radical (unpaired) electrons. The molecule has 36 heavy (non-hydrogen) atoms. The summed E-state index contributed by atoms with van der Waals surface area (Å²) in [6.45, 7) is 5.40. The number of rotatable bonds is 9. The molecule has 1 spiro atoms. The van der Waals surface area contributed by atoms with E-state index in [0.717, 1.165) is 31.2 Å². The van der Waals surface area contributed by atoms with E-state index in [1.165, 1.54) is 6.42 Å². The van der Waals surface area contributed by atoms with Gasteiger partial charge in [0.2, 0.25) is 17.7 Å². The summed E-state index contributed by atoms with van der Waals surface area (Å²) >= 11 is 0. The smallest absolute Gasteiger partial charge is 0.246 e. The number of fused-ring (bicyclic) bond motifs is 1. The molecule has 2 N–H and O–H groups in total. The van der Waals surface area contributed by atoms with E-state index in [1.807, 2.05) is 50.3 Å². The lowest BCUT2D eigenvalue weighted by atomic mass is 9.74. The number of nitrogens with zero attached hydrogens (tertiary/aromatic N) is 1. The number of aryl methyl sites for hydroxylation is 1. The van der Waals surface area contributed by atoms with Crippen LogP contribution < -0.4 is 10.6 Å². The number of likely N-dealkylation sites (tertiary alicyclic amines) is 1. The number of carbonyl (C=O) groups is 3. The average molecular weight is 496 g/mol. The Morgan fingerprint density at radius 3 is 2.61 bits per heavy atom. The summed E-state index contributed by atoms with van der Waals surface area (Å²) in [5.41, 5.74) is 0.650. The Morgan fingerprint density at radius 1 is 1.14 bits per heavy atom. The quantitative estimate of drug-likeness (QED) is 0.406. The van der Waals surface area contributed by atoms with Crippen molar-refractivity contribution in [3.05, 3.63) is 42.0 Å². The van der Waals surface area contributed by atoms with Crippen molar-refractivity contribution in [3.63, 3.8) is 0 Å². The van der Waals surface area contributed by atoms with Gasteiger partial charge in [0, 0.05) is 31.5 Å². The molecule has 1 aliphatic carbocycles. The summed E-state index contributed by atoms with van der Waals surface area (Å²) in [6.07, 6.45) is 9.09. The fraction of sp³-hybridized carbons (Fsp3) is 0.607. The number of benzene rings is 1. The Labute approximate surface area is 212 Å². The molecule has 0 unspecified atom stereocenters. The van der Waals surface area contributed by atoms with Gasteiger partial charge in [-0.1, -0.05) is 49.1 Å². The molecule has 8 nitrogen and oxygen atoms in total. The van der Waals surface area contributed by atoms with E-state index in [9.17, 15) is 14.4 Å². The second-order valence-corrected chi connectivity index (χ2v) is 10.5. The largest absolute Gasteiger partial charge is 0.382 e. The molecule has 4 aliphatic rings. The Morgan fingerprint density at radius 2 is 1.89 bits per heavy atom. The van der Waals surface area contributed by atoms with Crippen LogP contribution in [0.5, 0.6) is 0 Å². The van der Waals surface area contributed by atoms with E-state index in [-0.39, 0.29) is 23.8 Å². The Kier molecular flexibility index (Phi) is 7.17. The van der Waals surface area contributed by atoms with Gasteiger partial charge in [0.05, 0.1) is 17.9 Å². The van der Waals surface area contributed by atoms with Gasteiger partial charge < -0.3 is 25.0 Å². The van der Waals surface area contributed by atoms with Crippen LogP contribution >= 0.6 is 0 Å². The standard InChI is InChI=1S/C28H37N3O5/c1-3-35-17-7-16-31-24(26(33)30-19-8-5-4-6-9-19)28-15-14-21(36-28)22(23(28)27(31)34)25(32)29-20-12-10-18(2)11-13-20/h10-15,19,21-24H,3-9,16-17H2,1-2H3,(H,29,32)(H,30,33)/t21-,22-,23-,24+,28+/m1/s1. The maximum atomic E-state index is 13.9. The first-order chi connectivity index (χ1) is 17.4. The van der Waals surface area contributed by atoms with Crippen LogP contribution in [0.2, 0.25) is 0 Å². The van der Waals surface area contributed by atoms with E-state index in [2.05, 4.69) is 10.6 Å². The predicted octanol–water partition coefficient (Wildman–Crippen LogP) is 2.96. The molecule has 3 heterocycles. The maximum Gasteiger partial charge on any atom is 0.246 e. The summed E-state index contributed by atoms with van der Waals surface area (Å²) in [6, 6.07) is 6.89. The van der Waals surface area contributed by atoms with E-state index in [4.69, 9.17) is 9.47 Å². The number of amides is 3. The molecule has 1 saturated carbocycles. The highest BCUT2D eigenvalue weighted by atomic mass is 16.5. The van der Waals surface area contributed by atoms with Crippen LogP contribution in [-0.4, -0.2) is 66.2 Å². The molecule has 5 rings (SSSR count). The third kappa shape index (κ3) is 4.45. The fourth-order valence-electron chi connectivity index (χ4n) is 6.38. The minimum atomic E-state index is -1.12. The maximum absolute atomic E-state index is 13.9. The van der Waals surface area contributed by atoms with Gasteiger partial charge in [-0.2, -0.15) is 0 Å². The van der Waals surface area contributed by atoms with E-state index in [0.29, 0.717) is 31.9 Å². The summed E-state index contributed by atoms with van der Waals surface area (Å²) in [5.74, 6) is -2.04. The molecule has 3 aliphatic heterocycles. The monoisotopic (exact) mass is 495 g/mol. The van der Waals surface area contributed by atoms with Crippen molar-refractivity contribution in [1.29, 1.82) is 0 Å². The van der Waals surface area contributed by atoms with E-state index >= 15 is 0 Å². The van der Waals surface area contributed by atoms with Crippen LogP contribution in [0.1, 0.15) is 51.0 Å². The number of anilines is 1. The topological polar surface area (TPSA) is 97.0 Å². The van der Waals surface area contributed by atoms with Gasteiger partial charge in [-0.15, -0.1) is 0 Å². The third-order valence-corrected chi connectivity index (χ3v) is 8.09. The van der Waals surface area contributed by atoms with Gasteiger partial charge in [-0.3, -0.25) is 14.4 Å². The Hall–Kier alpha value is -2.71. The molecule has 194 valence electrons. The molecular weight excluding hydrogens is 458 g/mol. The average Bonchev–Trinajstić information content (AvgIpc) is 3.51. The summed E-state index contributed by atoms with van der Waals surface area (Å²) in [4.78, 5) is 42.7. The SMILES string of the molecule is CCOCCCN1C(=O)[C@H]2[C@H](C(=O)Nc3ccc(C)cc3)[C@H]3C=C[C@@]2(O3)[C@@H]1C(=O)NC1CCCCC1. The van der Waals surface area contributed by atoms with E-state index < -0.39 is 29.6 Å². The molecule has 3 fully saturated rings. The van der Waals surface area contributed by atoms with Gasteiger partial charge in [-0.25, -0.2) is 0 Å². The highest BCUT2D eigenvalue weighted by Crippen LogP contribution is 2.55. The van der Waals surface area contributed by atoms with Crippen molar-refractivity contribution in [2.75, 3.05) is 25.1 Å². The lowest BCUT2D eigenvalue weighted by Gasteiger charge is -2.34. The van der Waals surface area contributed by atoms with Gasteiger partial charge in [0.25, 0.3) is 0 Å². The fourth-order valence-corrected chi connectivity index (χ4v) is 6.38. The van der Waals surface area contributed by atoms with Crippen molar-refractivity contribution in [2.24, 2.45) is 11.8 Å². The molecule has 0 aromatic heterocycles. The Bertz CT molecular complexity index is 1020. The van der Waals surface area contributed by atoms with Gasteiger partial charge >= 0.3 is 0 Å². The van der Waals surface area contributed by atoms with Crippen LogP contribution in [0, 0.1) is 18.8 Å². The molecule has 5 atom stereocenters. The molecular formula is C28H37N3O5. The second-order valence-electron chi connectivity index (χ2n) is 10.5. The molecule has 2 saturated heterocycles. The number of ether oxygens (including phenoxy) is 2. The minimum Gasteiger partial charge on any atom is -0.382 e. The van der Waals surface area contributed by atoms with Crippen molar-refractivity contribution in [1.82, 2.24) is 10.2 Å². The van der Waals surface area contributed by atoms with Crippen LogP contribution in [0.3, 0.4) is 0 Å². The molecule has 8 heteroatoms. The third-order valence-electron chi connectivity index (χ3n) is 8.09. The predicted molar refractivity (Wildman–Crippen MR) is 135 cm³/mol. The summed E-state index contributed by atoms with van der Waals surface area (Å²) in [7, 11) is 0. The van der Waals surface area contributed by atoms with Crippen LogP contribution in [0.4, 0.5) is 5.69 Å².